The van der Waals surface area contributed by atoms with Gasteiger partial charge in [-0.3, -0.25) is 9.59 Å². The summed E-state index contributed by atoms with van der Waals surface area (Å²) in [5.74, 6) is -0.422. The van der Waals surface area contributed by atoms with E-state index in [4.69, 9.17) is 0 Å². The van der Waals surface area contributed by atoms with Crippen molar-refractivity contribution in [2.24, 2.45) is 0 Å². The van der Waals surface area contributed by atoms with Gasteiger partial charge in [0.2, 0.25) is 5.91 Å². The van der Waals surface area contributed by atoms with E-state index in [1.807, 2.05) is 69.4 Å². The summed E-state index contributed by atoms with van der Waals surface area (Å²) < 4.78 is 0. The van der Waals surface area contributed by atoms with E-state index in [0.717, 1.165) is 22.0 Å². The smallest absolute Gasteiger partial charge is 0.252 e. The molecular formula is C22H25N3O2. The molecule has 5 nitrogen and oxygen atoms in total. The number of fused-ring (bicyclic) bond motifs is 1. The molecule has 0 unspecified atom stereocenters. The number of carbonyl (C=O) groups excluding carboxylic acids is 2. The Morgan fingerprint density at radius 2 is 1.70 bits per heavy atom. The van der Waals surface area contributed by atoms with Crippen molar-refractivity contribution in [3.05, 3.63) is 71.4 Å². The molecule has 0 aliphatic carbocycles. The highest BCUT2D eigenvalue weighted by atomic mass is 16.2. The molecule has 27 heavy (non-hydrogen) atoms. The van der Waals surface area contributed by atoms with Crippen LogP contribution in [0.2, 0.25) is 0 Å². The molecule has 1 aromatic heterocycles. The molecule has 2 amide bonds. The van der Waals surface area contributed by atoms with Crippen molar-refractivity contribution in [2.45, 2.75) is 39.3 Å². The van der Waals surface area contributed by atoms with Crippen LogP contribution in [0.5, 0.6) is 0 Å². The lowest BCUT2D eigenvalue weighted by Crippen LogP contribution is -2.49. The minimum Gasteiger partial charge on any atom is -0.361 e. The van der Waals surface area contributed by atoms with Crippen molar-refractivity contribution < 1.29 is 9.59 Å². The highest BCUT2D eigenvalue weighted by molar-refractivity contribution is 5.99. The van der Waals surface area contributed by atoms with Crippen LogP contribution in [-0.2, 0) is 11.2 Å². The van der Waals surface area contributed by atoms with Gasteiger partial charge in [-0.25, -0.2) is 0 Å². The van der Waals surface area contributed by atoms with E-state index in [-0.39, 0.29) is 17.9 Å². The summed E-state index contributed by atoms with van der Waals surface area (Å²) >= 11 is 0. The molecule has 0 saturated heterocycles. The monoisotopic (exact) mass is 363 g/mol. The van der Waals surface area contributed by atoms with Gasteiger partial charge >= 0.3 is 0 Å². The zero-order valence-corrected chi connectivity index (χ0v) is 15.9. The lowest BCUT2D eigenvalue weighted by molar-refractivity contribution is -0.123. The summed E-state index contributed by atoms with van der Waals surface area (Å²) in [5.41, 5.74) is 3.48. The van der Waals surface area contributed by atoms with Gasteiger partial charge in [0.15, 0.2) is 0 Å². The molecule has 5 heteroatoms. The molecule has 140 valence electrons. The lowest BCUT2D eigenvalue weighted by atomic mass is 10.0. The molecule has 1 atom stereocenters. The van der Waals surface area contributed by atoms with Crippen LogP contribution in [0.15, 0.2) is 54.7 Å². The summed E-state index contributed by atoms with van der Waals surface area (Å²) in [6.07, 6.45) is 2.32. The quantitative estimate of drug-likeness (QED) is 0.628. The highest BCUT2D eigenvalue weighted by Gasteiger charge is 2.24. The van der Waals surface area contributed by atoms with Crippen LogP contribution in [-0.4, -0.2) is 28.9 Å². The average Bonchev–Trinajstić information content (AvgIpc) is 3.04. The molecule has 3 N–H and O–H groups in total. The zero-order chi connectivity index (χ0) is 19.4. The van der Waals surface area contributed by atoms with Gasteiger partial charge in [0.25, 0.3) is 5.91 Å². The fourth-order valence-corrected chi connectivity index (χ4v) is 3.18. The third-order valence-electron chi connectivity index (χ3n) is 4.54. The van der Waals surface area contributed by atoms with E-state index in [9.17, 15) is 9.59 Å². The Labute approximate surface area is 159 Å². The Bertz CT molecular complexity index is 959. The highest BCUT2D eigenvalue weighted by Crippen LogP contribution is 2.19. The molecule has 1 heterocycles. The van der Waals surface area contributed by atoms with Gasteiger partial charge < -0.3 is 15.6 Å². The van der Waals surface area contributed by atoms with Crippen molar-refractivity contribution in [1.82, 2.24) is 15.6 Å². The minimum absolute atomic E-state index is 0.00154. The molecule has 0 saturated carbocycles. The number of benzene rings is 2. The van der Waals surface area contributed by atoms with Gasteiger partial charge in [-0.1, -0.05) is 36.4 Å². The van der Waals surface area contributed by atoms with E-state index >= 15 is 0 Å². The van der Waals surface area contributed by atoms with E-state index in [1.54, 1.807) is 6.07 Å². The van der Waals surface area contributed by atoms with Gasteiger partial charge in [0.05, 0.1) is 0 Å². The van der Waals surface area contributed by atoms with Crippen LogP contribution in [0.4, 0.5) is 0 Å². The molecule has 3 rings (SSSR count). The number of rotatable bonds is 6. The number of nitrogens with one attached hydrogen (secondary N) is 3. The summed E-state index contributed by atoms with van der Waals surface area (Å²) in [5, 5.41) is 6.89. The first-order valence-electron chi connectivity index (χ1n) is 9.17. The van der Waals surface area contributed by atoms with Gasteiger partial charge in [0.1, 0.15) is 6.04 Å². The second-order valence-corrected chi connectivity index (χ2v) is 7.07. The number of para-hydroxylation sites is 1. The minimum atomic E-state index is -0.654. The first-order chi connectivity index (χ1) is 13.0. The largest absolute Gasteiger partial charge is 0.361 e. The number of H-pyrrole nitrogens is 1. The number of hydrogen-bond donors (Lipinski definition) is 3. The van der Waals surface area contributed by atoms with Gasteiger partial charge in [-0.15, -0.1) is 0 Å². The summed E-state index contributed by atoms with van der Waals surface area (Å²) in [6, 6.07) is 14.7. The predicted molar refractivity (Wildman–Crippen MR) is 108 cm³/mol. The number of amides is 2. The maximum absolute atomic E-state index is 12.8. The number of aryl methyl sites for hydroxylation is 1. The van der Waals surface area contributed by atoms with Crippen molar-refractivity contribution in [3.63, 3.8) is 0 Å². The Balaban J connectivity index is 1.86. The standard InChI is InChI=1S/C22H25N3O2/c1-14(2)24-22(27)20(25-21(26)17-9-5-4-8-15(17)3)12-16-13-23-19-11-7-6-10-18(16)19/h4-11,13-14,20,23H,12H2,1-3H3,(H,24,27)(H,25,26)/t20-/m0/s1. The van der Waals surface area contributed by atoms with Crippen molar-refractivity contribution in [2.75, 3.05) is 0 Å². The van der Waals surface area contributed by atoms with Crippen molar-refractivity contribution in [1.29, 1.82) is 0 Å². The third-order valence-corrected chi connectivity index (χ3v) is 4.54. The predicted octanol–water partition coefficient (Wildman–Crippen LogP) is 3.34. The first kappa shape index (κ1) is 18.7. The molecule has 0 radical (unpaired) electrons. The fraction of sp³-hybridized carbons (Fsp3) is 0.273. The Kier molecular flexibility index (Phi) is 5.60. The molecule has 0 aliphatic heterocycles. The number of aromatic amines is 1. The second-order valence-electron chi connectivity index (χ2n) is 7.07. The maximum atomic E-state index is 12.8. The van der Waals surface area contributed by atoms with Crippen LogP contribution >= 0.6 is 0 Å². The van der Waals surface area contributed by atoms with Crippen LogP contribution in [0.1, 0.15) is 35.3 Å². The molecular weight excluding hydrogens is 338 g/mol. The van der Waals surface area contributed by atoms with E-state index < -0.39 is 6.04 Å². The van der Waals surface area contributed by atoms with E-state index in [1.165, 1.54) is 0 Å². The van der Waals surface area contributed by atoms with Crippen LogP contribution < -0.4 is 10.6 Å². The average molecular weight is 363 g/mol. The molecule has 0 spiro atoms. The first-order valence-corrected chi connectivity index (χ1v) is 9.17. The summed E-state index contributed by atoms with van der Waals surface area (Å²) in [6.45, 7) is 5.70. The van der Waals surface area contributed by atoms with Crippen molar-refractivity contribution in [3.8, 4) is 0 Å². The molecule has 0 bridgehead atoms. The number of aromatic nitrogens is 1. The van der Waals surface area contributed by atoms with Gasteiger partial charge in [0, 0.05) is 35.1 Å². The maximum Gasteiger partial charge on any atom is 0.252 e. The normalized spacial score (nSPS) is 12.1. The van der Waals surface area contributed by atoms with Crippen LogP contribution in [0, 0.1) is 6.92 Å². The van der Waals surface area contributed by atoms with Crippen molar-refractivity contribution >= 4 is 22.7 Å². The number of carbonyl (C=O) groups is 2. The van der Waals surface area contributed by atoms with Gasteiger partial charge in [-0.05, 0) is 44.0 Å². The molecule has 3 aromatic rings. The topological polar surface area (TPSA) is 74.0 Å². The molecule has 2 aromatic carbocycles. The van der Waals surface area contributed by atoms with E-state index in [2.05, 4.69) is 15.6 Å². The zero-order valence-electron chi connectivity index (χ0n) is 15.9. The van der Waals surface area contributed by atoms with Crippen LogP contribution in [0.25, 0.3) is 10.9 Å². The molecule has 0 fully saturated rings. The second kappa shape index (κ2) is 8.08. The number of hydrogen-bond acceptors (Lipinski definition) is 2. The Hall–Kier alpha value is -3.08. The molecule has 0 aliphatic rings. The summed E-state index contributed by atoms with van der Waals surface area (Å²) in [4.78, 5) is 28.7. The van der Waals surface area contributed by atoms with Crippen LogP contribution in [0.3, 0.4) is 0 Å². The lowest BCUT2D eigenvalue weighted by Gasteiger charge is -2.20. The summed E-state index contributed by atoms with van der Waals surface area (Å²) in [7, 11) is 0. The third kappa shape index (κ3) is 4.37. The van der Waals surface area contributed by atoms with E-state index in [0.29, 0.717) is 12.0 Å². The SMILES string of the molecule is Cc1ccccc1C(=O)N[C@@H](Cc1c[nH]c2ccccc12)C(=O)NC(C)C. The van der Waals surface area contributed by atoms with Gasteiger partial charge in [-0.2, -0.15) is 0 Å². The Morgan fingerprint density at radius 3 is 2.44 bits per heavy atom. The fourth-order valence-electron chi connectivity index (χ4n) is 3.18. The Morgan fingerprint density at radius 1 is 1.00 bits per heavy atom.